The van der Waals surface area contributed by atoms with Gasteiger partial charge in [-0.3, -0.25) is 9.59 Å². The molecule has 0 spiro atoms. The van der Waals surface area contributed by atoms with Gasteiger partial charge in [-0.25, -0.2) is 8.78 Å². The van der Waals surface area contributed by atoms with Crippen LogP contribution in [0.15, 0.2) is 78.4 Å². The smallest absolute Gasteiger partial charge is 0.306 e. The summed E-state index contributed by atoms with van der Waals surface area (Å²) in [5, 5.41) is 2.88. The van der Waals surface area contributed by atoms with Gasteiger partial charge < -0.3 is 10.1 Å². The molecular formula is C27H27F2NO3. The lowest BCUT2D eigenvalue weighted by Gasteiger charge is -2.11. The number of carbonyl (C=O) groups excluding carboxylic acids is 2. The summed E-state index contributed by atoms with van der Waals surface area (Å²) in [5.74, 6) is -0.513. The van der Waals surface area contributed by atoms with Gasteiger partial charge in [0.05, 0.1) is 6.61 Å². The number of esters is 1. The summed E-state index contributed by atoms with van der Waals surface area (Å²) in [6, 6.07) is 14.4. The molecular weight excluding hydrogens is 424 g/mol. The van der Waals surface area contributed by atoms with Crippen LogP contribution >= 0.6 is 0 Å². The van der Waals surface area contributed by atoms with E-state index in [1.54, 1.807) is 48.6 Å². The fraction of sp³-hybridized carbons (Fsp3) is 0.259. The predicted octanol–water partition coefficient (Wildman–Crippen LogP) is 6.36. The van der Waals surface area contributed by atoms with Crippen molar-refractivity contribution >= 4 is 23.1 Å². The number of allylic oxidation sites excluding steroid dienone is 6. The zero-order chi connectivity index (χ0) is 23.6. The Bertz CT molecular complexity index is 1070. The number of benzene rings is 2. The van der Waals surface area contributed by atoms with Crippen LogP contribution in [0.3, 0.4) is 0 Å². The molecule has 1 aliphatic carbocycles. The van der Waals surface area contributed by atoms with Crippen molar-refractivity contribution in [2.75, 3.05) is 11.9 Å². The van der Waals surface area contributed by atoms with Gasteiger partial charge in [-0.2, -0.15) is 0 Å². The Labute approximate surface area is 192 Å². The second-order valence-corrected chi connectivity index (χ2v) is 7.69. The van der Waals surface area contributed by atoms with Crippen LogP contribution in [0.2, 0.25) is 0 Å². The van der Waals surface area contributed by atoms with Crippen molar-refractivity contribution in [2.24, 2.45) is 0 Å². The molecule has 1 aliphatic rings. The highest BCUT2D eigenvalue weighted by atomic mass is 19.3. The maximum Gasteiger partial charge on any atom is 0.306 e. The van der Waals surface area contributed by atoms with E-state index in [9.17, 15) is 18.4 Å². The molecule has 0 heterocycles. The molecule has 33 heavy (non-hydrogen) atoms. The van der Waals surface area contributed by atoms with Crippen molar-refractivity contribution in [1.82, 2.24) is 0 Å². The summed E-state index contributed by atoms with van der Waals surface area (Å²) in [7, 11) is 0. The first-order chi connectivity index (χ1) is 16.0. The zero-order valence-corrected chi connectivity index (χ0v) is 18.5. The molecule has 0 bridgehead atoms. The quantitative estimate of drug-likeness (QED) is 0.452. The summed E-state index contributed by atoms with van der Waals surface area (Å²) >= 11 is 0. The van der Waals surface area contributed by atoms with Crippen LogP contribution in [-0.4, -0.2) is 24.9 Å². The molecule has 172 valence electrons. The Kier molecular flexibility index (Phi) is 8.70. The zero-order valence-electron chi connectivity index (χ0n) is 18.5. The van der Waals surface area contributed by atoms with Gasteiger partial charge in [0, 0.05) is 17.7 Å². The van der Waals surface area contributed by atoms with Crippen LogP contribution in [0.1, 0.15) is 47.7 Å². The topological polar surface area (TPSA) is 55.4 Å². The standard InChI is InChI=1S/C27H27F2NO3/c1-2-18-33-25(31)17-12-19-10-15-22(16-11-19)30-27(32)24-9-4-3-8-23(24)20-6-5-7-21(14-13-20)26(28)29/h3-6,8-11,13-16,26H,2,7,12,17-18H2,1H3,(H,30,32). The summed E-state index contributed by atoms with van der Waals surface area (Å²) in [6.07, 6.45) is 5.83. The molecule has 0 aliphatic heterocycles. The molecule has 0 fully saturated rings. The molecule has 3 rings (SSSR count). The minimum atomic E-state index is -2.51. The normalized spacial score (nSPS) is 13.2. The number of ether oxygens (including phenoxy) is 1. The Morgan fingerprint density at radius 3 is 2.55 bits per heavy atom. The van der Waals surface area contributed by atoms with Crippen LogP contribution in [-0.2, 0) is 16.0 Å². The first-order valence-corrected chi connectivity index (χ1v) is 11.0. The number of rotatable bonds is 9. The molecule has 2 aromatic carbocycles. The summed E-state index contributed by atoms with van der Waals surface area (Å²) in [4.78, 5) is 24.6. The Hall–Kier alpha value is -3.54. The highest BCUT2D eigenvalue weighted by Gasteiger charge is 2.15. The molecule has 0 aromatic heterocycles. The second kappa shape index (κ2) is 11.9. The van der Waals surface area contributed by atoms with Crippen molar-refractivity contribution in [3.05, 3.63) is 95.1 Å². The van der Waals surface area contributed by atoms with Crippen molar-refractivity contribution in [2.45, 2.75) is 39.0 Å². The van der Waals surface area contributed by atoms with Gasteiger partial charge in [0.1, 0.15) is 0 Å². The predicted molar refractivity (Wildman–Crippen MR) is 126 cm³/mol. The summed E-state index contributed by atoms with van der Waals surface area (Å²) in [6.45, 7) is 2.38. The lowest BCUT2D eigenvalue weighted by Crippen LogP contribution is -2.14. The molecule has 0 saturated heterocycles. The first-order valence-electron chi connectivity index (χ1n) is 11.0. The average molecular weight is 452 g/mol. The highest BCUT2D eigenvalue weighted by Crippen LogP contribution is 2.26. The van der Waals surface area contributed by atoms with E-state index in [4.69, 9.17) is 4.74 Å². The Balaban J connectivity index is 1.69. The Morgan fingerprint density at radius 2 is 1.82 bits per heavy atom. The molecule has 0 unspecified atom stereocenters. The maximum absolute atomic E-state index is 13.0. The van der Waals surface area contributed by atoms with Gasteiger partial charge in [-0.15, -0.1) is 0 Å². The van der Waals surface area contributed by atoms with Crippen LogP contribution in [0.4, 0.5) is 14.5 Å². The van der Waals surface area contributed by atoms with Gasteiger partial charge >= 0.3 is 5.97 Å². The van der Waals surface area contributed by atoms with Crippen LogP contribution in [0, 0.1) is 0 Å². The highest BCUT2D eigenvalue weighted by molar-refractivity contribution is 6.08. The summed E-state index contributed by atoms with van der Waals surface area (Å²) in [5.41, 5.74) is 3.45. The molecule has 6 heteroatoms. The minimum Gasteiger partial charge on any atom is -0.466 e. The van der Waals surface area contributed by atoms with Crippen molar-refractivity contribution in [1.29, 1.82) is 0 Å². The van der Waals surface area contributed by atoms with Crippen molar-refractivity contribution < 1.29 is 23.1 Å². The molecule has 1 amide bonds. The van der Waals surface area contributed by atoms with E-state index in [0.717, 1.165) is 12.0 Å². The molecule has 1 N–H and O–H groups in total. The van der Waals surface area contributed by atoms with Gasteiger partial charge in [0.2, 0.25) is 0 Å². The summed E-state index contributed by atoms with van der Waals surface area (Å²) < 4.78 is 31.1. The van der Waals surface area contributed by atoms with E-state index in [2.05, 4.69) is 5.32 Å². The van der Waals surface area contributed by atoms with Crippen molar-refractivity contribution in [3.63, 3.8) is 0 Å². The van der Waals surface area contributed by atoms with E-state index in [0.29, 0.717) is 41.8 Å². The van der Waals surface area contributed by atoms with Crippen molar-refractivity contribution in [3.8, 4) is 0 Å². The Morgan fingerprint density at radius 1 is 1.06 bits per heavy atom. The van der Waals surface area contributed by atoms with E-state index in [1.165, 1.54) is 6.08 Å². The number of nitrogens with one attached hydrogen (secondary N) is 1. The molecule has 4 nitrogen and oxygen atoms in total. The molecule has 0 saturated carbocycles. The number of amides is 1. The van der Waals surface area contributed by atoms with Gasteiger partial charge in [-0.05, 0) is 59.7 Å². The second-order valence-electron chi connectivity index (χ2n) is 7.69. The van der Waals surface area contributed by atoms with Gasteiger partial charge in [-0.1, -0.05) is 61.6 Å². The van der Waals surface area contributed by atoms with Gasteiger partial charge in [0.25, 0.3) is 12.3 Å². The third-order valence-corrected chi connectivity index (χ3v) is 5.19. The lowest BCUT2D eigenvalue weighted by molar-refractivity contribution is -0.143. The van der Waals surface area contributed by atoms with Crippen LogP contribution in [0.5, 0.6) is 0 Å². The monoisotopic (exact) mass is 451 g/mol. The first kappa shape index (κ1) is 24.1. The third-order valence-electron chi connectivity index (χ3n) is 5.19. The van der Waals surface area contributed by atoms with E-state index in [1.807, 2.05) is 25.1 Å². The largest absolute Gasteiger partial charge is 0.466 e. The molecule has 0 radical (unpaired) electrons. The SMILES string of the molecule is CCCOC(=O)CCc1ccc(NC(=O)c2ccccc2C2=CC=C(C(F)F)CC=C2)cc1. The minimum absolute atomic E-state index is 0.0434. The number of anilines is 1. The fourth-order valence-corrected chi connectivity index (χ4v) is 3.40. The number of carbonyl (C=O) groups is 2. The van der Waals surface area contributed by atoms with Gasteiger partial charge in [0.15, 0.2) is 0 Å². The van der Waals surface area contributed by atoms with E-state index < -0.39 is 6.43 Å². The number of alkyl halides is 2. The van der Waals surface area contributed by atoms with E-state index >= 15 is 0 Å². The average Bonchev–Trinajstić information content (AvgIpc) is 3.09. The third kappa shape index (κ3) is 6.97. The number of hydrogen-bond acceptors (Lipinski definition) is 3. The maximum atomic E-state index is 13.0. The molecule has 0 atom stereocenters. The number of aryl methyl sites for hydroxylation is 1. The number of hydrogen-bond donors (Lipinski definition) is 1. The lowest BCUT2D eigenvalue weighted by atomic mass is 9.98. The van der Waals surface area contributed by atoms with Crippen LogP contribution in [0.25, 0.3) is 5.57 Å². The molecule has 2 aromatic rings. The van der Waals surface area contributed by atoms with E-state index in [-0.39, 0.29) is 23.9 Å². The fourth-order valence-electron chi connectivity index (χ4n) is 3.40. The number of halogens is 2. The van der Waals surface area contributed by atoms with Crippen LogP contribution < -0.4 is 5.32 Å².